The molecular weight excluding hydrogens is 444 g/mol. The Bertz CT molecular complexity index is 1440. The fraction of sp³-hybridized carbons (Fsp3) is 0.243. The quantitative estimate of drug-likeness (QED) is 0.273. The summed E-state index contributed by atoms with van der Waals surface area (Å²) in [6.45, 7) is 14.2. The van der Waals surface area contributed by atoms with E-state index in [1.54, 1.807) is 0 Å². The second-order valence-electron chi connectivity index (χ2n) is 11.7. The molecule has 0 radical (unpaired) electrons. The summed E-state index contributed by atoms with van der Waals surface area (Å²) >= 11 is 0. The number of fused-ring (bicyclic) bond motifs is 2. The topological polar surface area (TPSA) is 0 Å². The first kappa shape index (κ1) is 23.7. The van der Waals surface area contributed by atoms with Gasteiger partial charge in [-0.05, 0) is 112 Å². The van der Waals surface area contributed by atoms with Gasteiger partial charge in [0, 0.05) is 11.8 Å². The van der Waals surface area contributed by atoms with Gasteiger partial charge >= 0.3 is 0 Å². The highest BCUT2D eigenvalue weighted by Gasteiger charge is 2.48. The van der Waals surface area contributed by atoms with Crippen molar-refractivity contribution < 1.29 is 0 Å². The zero-order valence-corrected chi connectivity index (χ0v) is 22.9. The molecule has 2 unspecified atom stereocenters. The predicted octanol–water partition coefficient (Wildman–Crippen LogP) is 9.92. The van der Waals surface area contributed by atoms with Crippen LogP contribution < -0.4 is 0 Å². The number of benzene rings is 4. The van der Waals surface area contributed by atoms with Crippen molar-refractivity contribution in [2.75, 3.05) is 0 Å². The Morgan fingerprint density at radius 1 is 0.459 bits per heavy atom. The van der Waals surface area contributed by atoms with Gasteiger partial charge in [0.2, 0.25) is 0 Å². The van der Waals surface area contributed by atoms with Gasteiger partial charge in [-0.15, -0.1) is 0 Å². The van der Waals surface area contributed by atoms with E-state index in [-0.39, 0.29) is 17.3 Å². The van der Waals surface area contributed by atoms with E-state index in [0.717, 1.165) is 0 Å². The van der Waals surface area contributed by atoms with Gasteiger partial charge in [-0.2, -0.15) is 0 Å². The molecular formula is C37H36. The Labute approximate surface area is 222 Å². The van der Waals surface area contributed by atoms with E-state index in [2.05, 4.69) is 139 Å². The first-order valence-electron chi connectivity index (χ1n) is 13.5. The minimum Gasteiger partial charge on any atom is -0.0622 e. The molecule has 0 saturated heterocycles. The third-order valence-electron chi connectivity index (χ3n) is 8.95. The Morgan fingerprint density at radius 3 is 1.19 bits per heavy atom. The van der Waals surface area contributed by atoms with Crippen LogP contribution in [0.4, 0.5) is 0 Å². The molecule has 0 N–H and O–H groups in total. The highest BCUT2D eigenvalue weighted by molar-refractivity contribution is 5.97. The van der Waals surface area contributed by atoms with Gasteiger partial charge in [-0.3, -0.25) is 0 Å². The monoisotopic (exact) mass is 480 g/mol. The largest absolute Gasteiger partial charge is 0.0622 e. The number of hydrogen-bond donors (Lipinski definition) is 0. The van der Waals surface area contributed by atoms with Crippen molar-refractivity contribution >= 4 is 23.3 Å². The Morgan fingerprint density at radius 2 is 0.811 bits per heavy atom. The van der Waals surface area contributed by atoms with Crippen molar-refractivity contribution in [2.45, 2.75) is 53.4 Å². The lowest BCUT2D eigenvalue weighted by atomic mass is 9.60. The molecule has 0 heterocycles. The zero-order chi connectivity index (χ0) is 25.9. The van der Waals surface area contributed by atoms with Crippen LogP contribution in [0, 0.1) is 33.1 Å². The number of allylic oxidation sites excluding steroid dienone is 2. The summed E-state index contributed by atoms with van der Waals surface area (Å²) in [7, 11) is 0. The summed E-state index contributed by atoms with van der Waals surface area (Å²) < 4.78 is 0. The Kier molecular flexibility index (Phi) is 5.60. The maximum absolute atomic E-state index is 2.52. The van der Waals surface area contributed by atoms with Crippen LogP contribution in [0.2, 0.25) is 0 Å². The molecule has 0 aliphatic heterocycles. The molecule has 2 aliphatic rings. The van der Waals surface area contributed by atoms with Crippen molar-refractivity contribution in [3.05, 3.63) is 141 Å². The van der Waals surface area contributed by atoms with Crippen LogP contribution in [0.5, 0.6) is 0 Å². The smallest absolute Gasteiger partial charge is 0.0164 e. The number of aryl methyl sites for hydroxylation is 4. The van der Waals surface area contributed by atoms with E-state index >= 15 is 0 Å². The standard InChI is InChI=1S/C37H36/c1-23-17-19-25(3)33-29(23)21-31(27-13-9-7-10-14-27)35(33)37(5,6)36-32(28-15-11-8-12-16-28)22-30-24(2)18-20-26(4)34(30)36/h7-22,35-36H,1-6H3. The third-order valence-corrected chi connectivity index (χ3v) is 8.95. The summed E-state index contributed by atoms with van der Waals surface area (Å²) in [6.07, 6.45) is 4.98. The van der Waals surface area contributed by atoms with E-state index in [1.807, 2.05) is 0 Å². The van der Waals surface area contributed by atoms with Crippen molar-refractivity contribution in [1.29, 1.82) is 0 Å². The van der Waals surface area contributed by atoms with Gasteiger partial charge in [0.05, 0.1) is 0 Å². The fourth-order valence-electron chi connectivity index (χ4n) is 7.12. The first-order chi connectivity index (χ1) is 17.8. The van der Waals surface area contributed by atoms with E-state index < -0.39 is 0 Å². The van der Waals surface area contributed by atoms with Crippen LogP contribution in [0.25, 0.3) is 23.3 Å². The zero-order valence-electron chi connectivity index (χ0n) is 22.9. The molecule has 0 spiro atoms. The average molecular weight is 481 g/mol. The lowest BCUT2D eigenvalue weighted by Gasteiger charge is -2.43. The van der Waals surface area contributed by atoms with Gasteiger partial charge < -0.3 is 0 Å². The second kappa shape index (κ2) is 8.73. The highest BCUT2D eigenvalue weighted by atomic mass is 14.5. The normalized spacial score (nSPS) is 18.3. The first-order valence-corrected chi connectivity index (χ1v) is 13.5. The van der Waals surface area contributed by atoms with Crippen molar-refractivity contribution in [3.63, 3.8) is 0 Å². The van der Waals surface area contributed by atoms with Gasteiger partial charge in [0.25, 0.3) is 0 Å². The number of hydrogen-bond acceptors (Lipinski definition) is 0. The molecule has 0 aromatic heterocycles. The van der Waals surface area contributed by atoms with Crippen LogP contribution in [-0.2, 0) is 0 Å². The van der Waals surface area contributed by atoms with E-state index in [1.165, 1.54) is 66.8 Å². The van der Waals surface area contributed by atoms with Gasteiger partial charge in [0.1, 0.15) is 0 Å². The molecule has 184 valence electrons. The van der Waals surface area contributed by atoms with E-state index in [9.17, 15) is 0 Å². The summed E-state index contributed by atoms with van der Waals surface area (Å²) in [6, 6.07) is 31.3. The summed E-state index contributed by atoms with van der Waals surface area (Å²) in [5, 5.41) is 0. The molecule has 0 bridgehead atoms. The molecule has 0 heteroatoms. The molecule has 0 amide bonds. The molecule has 0 nitrogen and oxygen atoms in total. The van der Waals surface area contributed by atoms with Crippen LogP contribution in [0.1, 0.15) is 81.3 Å². The molecule has 37 heavy (non-hydrogen) atoms. The van der Waals surface area contributed by atoms with E-state index in [0.29, 0.717) is 0 Å². The Balaban J connectivity index is 1.62. The lowest BCUT2D eigenvalue weighted by molar-refractivity contribution is 0.303. The number of rotatable bonds is 4. The minimum absolute atomic E-state index is 0.0725. The molecule has 0 saturated carbocycles. The predicted molar refractivity (Wildman–Crippen MR) is 160 cm³/mol. The molecule has 4 aromatic rings. The van der Waals surface area contributed by atoms with Crippen molar-refractivity contribution in [2.24, 2.45) is 5.41 Å². The SMILES string of the molecule is Cc1ccc(C)c2c1C=C(c1ccccc1)C2C(C)(C)C1C(c2ccccc2)=Cc2c(C)ccc(C)c21. The van der Waals surface area contributed by atoms with Crippen molar-refractivity contribution in [1.82, 2.24) is 0 Å². The van der Waals surface area contributed by atoms with E-state index in [4.69, 9.17) is 0 Å². The van der Waals surface area contributed by atoms with Crippen LogP contribution in [0.15, 0.2) is 84.9 Å². The minimum atomic E-state index is -0.0725. The second-order valence-corrected chi connectivity index (χ2v) is 11.7. The molecule has 6 rings (SSSR count). The van der Waals surface area contributed by atoms with Crippen LogP contribution >= 0.6 is 0 Å². The van der Waals surface area contributed by atoms with Crippen LogP contribution in [0.3, 0.4) is 0 Å². The maximum atomic E-state index is 2.52. The summed E-state index contributed by atoms with van der Waals surface area (Å²) in [4.78, 5) is 0. The summed E-state index contributed by atoms with van der Waals surface area (Å²) in [5.74, 6) is 0.570. The molecule has 0 fully saturated rings. The lowest BCUT2D eigenvalue weighted by Crippen LogP contribution is -2.31. The molecule has 4 aromatic carbocycles. The Hall–Kier alpha value is -3.64. The molecule has 2 atom stereocenters. The van der Waals surface area contributed by atoms with Crippen LogP contribution in [-0.4, -0.2) is 0 Å². The fourth-order valence-corrected chi connectivity index (χ4v) is 7.12. The van der Waals surface area contributed by atoms with Gasteiger partial charge in [0.15, 0.2) is 0 Å². The van der Waals surface area contributed by atoms with Gasteiger partial charge in [-0.25, -0.2) is 0 Å². The molecule has 2 aliphatic carbocycles. The van der Waals surface area contributed by atoms with Crippen molar-refractivity contribution in [3.8, 4) is 0 Å². The summed E-state index contributed by atoms with van der Waals surface area (Å²) in [5.41, 5.74) is 16.9. The average Bonchev–Trinajstić information content (AvgIpc) is 3.52. The maximum Gasteiger partial charge on any atom is 0.0164 e. The highest BCUT2D eigenvalue weighted by Crippen LogP contribution is 2.63. The van der Waals surface area contributed by atoms with Gasteiger partial charge in [-0.1, -0.05) is 98.8 Å². The third kappa shape index (κ3) is 3.65.